The fraction of sp³-hybridized carbons (Fsp3) is 0.481. The molecule has 2 fully saturated rings. The molecule has 3 heterocycles. The average Bonchev–Trinajstić information content (AvgIpc) is 3.26. The molecule has 2 aromatic carbocycles. The number of imidazole rings is 1. The van der Waals surface area contributed by atoms with Gasteiger partial charge in [0.05, 0.1) is 11.0 Å². The Kier molecular flexibility index (Phi) is 6.74. The summed E-state index contributed by atoms with van der Waals surface area (Å²) < 4.78 is 7.84. The number of benzene rings is 2. The van der Waals surface area contributed by atoms with Crippen LogP contribution in [0.1, 0.15) is 44.3 Å². The molecule has 1 N–H and O–H groups in total. The minimum absolute atomic E-state index is 0.0471. The molecule has 0 atom stereocenters. The first kappa shape index (κ1) is 22.1. The molecule has 0 saturated carbocycles. The van der Waals surface area contributed by atoms with Crippen molar-refractivity contribution in [3.05, 3.63) is 60.4 Å². The lowest BCUT2D eigenvalue weighted by Gasteiger charge is -2.48. The maximum atomic E-state index is 12.9. The Labute approximate surface area is 195 Å². The Balaban J connectivity index is 1.27. The third kappa shape index (κ3) is 4.82. The molecule has 1 amide bonds. The van der Waals surface area contributed by atoms with Crippen molar-refractivity contribution in [3.8, 4) is 5.69 Å². The molecule has 6 heteroatoms. The van der Waals surface area contributed by atoms with Crippen LogP contribution in [0.15, 0.2) is 54.6 Å². The van der Waals surface area contributed by atoms with Gasteiger partial charge in [-0.15, -0.1) is 0 Å². The standard InChI is InChI=1S/C27H34N4O2/c32-26(28-21-27(15-19-33-20-16-27)30-17-7-2-8-18-30)14-13-25-29-23-11-5-6-12-24(23)31(25)22-9-3-1-4-10-22/h1,3-6,9-12H,2,7-8,13-21H2,(H,28,32). The van der Waals surface area contributed by atoms with Crippen molar-refractivity contribution in [2.24, 2.45) is 0 Å². The van der Waals surface area contributed by atoms with Crippen molar-refractivity contribution >= 4 is 16.9 Å². The molecule has 2 aliphatic rings. The minimum Gasteiger partial charge on any atom is -0.381 e. The monoisotopic (exact) mass is 446 g/mol. The van der Waals surface area contributed by atoms with E-state index in [0.717, 1.165) is 61.7 Å². The van der Waals surface area contributed by atoms with E-state index < -0.39 is 0 Å². The van der Waals surface area contributed by atoms with Crippen molar-refractivity contribution in [2.45, 2.75) is 50.5 Å². The Hall–Kier alpha value is -2.70. The number of aryl methyl sites for hydroxylation is 1. The van der Waals surface area contributed by atoms with Gasteiger partial charge in [0.2, 0.25) is 5.91 Å². The summed E-state index contributed by atoms with van der Waals surface area (Å²) in [6.45, 7) is 4.55. The van der Waals surface area contributed by atoms with E-state index in [-0.39, 0.29) is 11.4 Å². The molecule has 0 spiro atoms. The molecular weight excluding hydrogens is 412 g/mol. The maximum absolute atomic E-state index is 12.9. The van der Waals surface area contributed by atoms with Gasteiger partial charge in [-0.2, -0.15) is 0 Å². The number of piperidine rings is 1. The first-order chi connectivity index (χ1) is 16.3. The number of aromatic nitrogens is 2. The molecule has 2 saturated heterocycles. The van der Waals surface area contributed by atoms with Gasteiger partial charge in [0.15, 0.2) is 0 Å². The van der Waals surface area contributed by atoms with E-state index in [9.17, 15) is 4.79 Å². The zero-order valence-electron chi connectivity index (χ0n) is 19.3. The highest BCUT2D eigenvalue weighted by Crippen LogP contribution is 2.30. The number of likely N-dealkylation sites (tertiary alicyclic amines) is 1. The van der Waals surface area contributed by atoms with Gasteiger partial charge in [0.25, 0.3) is 0 Å². The molecule has 0 radical (unpaired) electrons. The Bertz CT molecular complexity index is 1070. The largest absolute Gasteiger partial charge is 0.381 e. The van der Waals surface area contributed by atoms with Crippen molar-refractivity contribution in [2.75, 3.05) is 32.8 Å². The van der Waals surface area contributed by atoms with Gasteiger partial charge in [-0.25, -0.2) is 4.98 Å². The predicted octanol–water partition coefficient (Wildman–Crippen LogP) is 4.11. The van der Waals surface area contributed by atoms with E-state index in [2.05, 4.69) is 33.0 Å². The van der Waals surface area contributed by atoms with Crippen LogP contribution < -0.4 is 5.32 Å². The third-order valence-electron chi connectivity index (χ3n) is 7.29. The first-order valence-corrected chi connectivity index (χ1v) is 12.4. The summed E-state index contributed by atoms with van der Waals surface area (Å²) in [6, 6.07) is 18.4. The normalized spacial score (nSPS) is 18.9. The van der Waals surface area contributed by atoms with Crippen LogP contribution in [0.3, 0.4) is 0 Å². The summed E-state index contributed by atoms with van der Waals surface area (Å²) in [5.41, 5.74) is 3.16. The van der Waals surface area contributed by atoms with E-state index in [1.165, 1.54) is 19.3 Å². The molecule has 6 nitrogen and oxygen atoms in total. The second kappa shape index (κ2) is 10.1. The Morgan fingerprint density at radius 3 is 2.48 bits per heavy atom. The molecule has 1 aromatic heterocycles. The van der Waals surface area contributed by atoms with E-state index >= 15 is 0 Å². The number of carbonyl (C=O) groups is 1. The van der Waals surface area contributed by atoms with Gasteiger partial charge in [-0.3, -0.25) is 14.3 Å². The highest BCUT2D eigenvalue weighted by Gasteiger charge is 2.39. The summed E-state index contributed by atoms with van der Waals surface area (Å²) in [7, 11) is 0. The molecule has 33 heavy (non-hydrogen) atoms. The van der Waals surface area contributed by atoms with Crippen molar-refractivity contribution < 1.29 is 9.53 Å². The summed E-state index contributed by atoms with van der Waals surface area (Å²) in [6.07, 6.45) is 6.86. The molecule has 2 aliphatic heterocycles. The van der Waals surface area contributed by atoms with Crippen LogP contribution in [0.5, 0.6) is 0 Å². The van der Waals surface area contributed by atoms with Crippen molar-refractivity contribution in [1.82, 2.24) is 19.8 Å². The third-order valence-corrected chi connectivity index (χ3v) is 7.29. The van der Waals surface area contributed by atoms with Crippen LogP contribution in [-0.2, 0) is 16.0 Å². The molecule has 0 bridgehead atoms. The minimum atomic E-state index is 0.0471. The molecule has 0 unspecified atom stereocenters. The topological polar surface area (TPSA) is 59.4 Å². The predicted molar refractivity (Wildman–Crippen MR) is 131 cm³/mol. The van der Waals surface area contributed by atoms with Crippen LogP contribution in [0, 0.1) is 0 Å². The number of hydrogen-bond donors (Lipinski definition) is 1. The van der Waals surface area contributed by atoms with Crippen LogP contribution in [-0.4, -0.2) is 58.7 Å². The van der Waals surface area contributed by atoms with Crippen LogP contribution in [0.25, 0.3) is 16.7 Å². The van der Waals surface area contributed by atoms with Gasteiger partial charge in [-0.05, 0) is 63.0 Å². The van der Waals surface area contributed by atoms with Gasteiger partial charge in [0.1, 0.15) is 5.82 Å². The number of para-hydroxylation sites is 3. The lowest BCUT2D eigenvalue weighted by atomic mass is 9.86. The highest BCUT2D eigenvalue weighted by molar-refractivity contribution is 5.79. The zero-order valence-corrected chi connectivity index (χ0v) is 19.3. The quantitative estimate of drug-likeness (QED) is 0.593. The lowest BCUT2D eigenvalue weighted by Crippen LogP contribution is -2.59. The summed E-state index contributed by atoms with van der Waals surface area (Å²) in [5, 5.41) is 3.28. The first-order valence-electron chi connectivity index (χ1n) is 12.4. The molecule has 0 aliphatic carbocycles. The van der Waals surface area contributed by atoms with E-state index in [4.69, 9.17) is 9.72 Å². The molecular formula is C27H34N4O2. The summed E-state index contributed by atoms with van der Waals surface area (Å²) in [5.74, 6) is 1.03. The highest BCUT2D eigenvalue weighted by atomic mass is 16.5. The number of fused-ring (bicyclic) bond motifs is 1. The average molecular weight is 447 g/mol. The van der Waals surface area contributed by atoms with Gasteiger partial charge in [-0.1, -0.05) is 36.8 Å². The molecule has 5 rings (SSSR count). The van der Waals surface area contributed by atoms with Crippen LogP contribution in [0.4, 0.5) is 0 Å². The zero-order chi connectivity index (χ0) is 22.5. The molecule has 3 aromatic rings. The Morgan fingerprint density at radius 1 is 0.970 bits per heavy atom. The summed E-state index contributed by atoms with van der Waals surface area (Å²) >= 11 is 0. The lowest BCUT2D eigenvalue weighted by molar-refractivity contribution is -0.122. The van der Waals surface area contributed by atoms with Crippen LogP contribution >= 0.6 is 0 Å². The number of ether oxygens (including phenoxy) is 1. The smallest absolute Gasteiger partial charge is 0.220 e. The van der Waals surface area contributed by atoms with E-state index in [1.54, 1.807) is 0 Å². The maximum Gasteiger partial charge on any atom is 0.220 e. The summed E-state index contributed by atoms with van der Waals surface area (Å²) in [4.78, 5) is 20.4. The number of hydrogen-bond acceptors (Lipinski definition) is 4. The SMILES string of the molecule is O=C(CCc1nc2ccccc2n1-c1ccccc1)NCC1(N2CCCCC2)CCOCC1. The van der Waals surface area contributed by atoms with E-state index in [1.807, 2.05) is 36.4 Å². The number of nitrogens with one attached hydrogen (secondary N) is 1. The fourth-order valence-corrected chi connectivity index (χ4v) is 5.41. The van der Waals surface area contributed by atoms with Crippen LogP contribution in [0.2, 0.25) is 0 Å². The number of amides is 1. The second-order valence-corrected chi connectivity index (χ2v) is 9.35. The number of nitrogens with zero attached hydrogens (tertiary/aromatic N) is 3. The molecule has 174 valence electrons. The second-order valence-electron chi connectivity index (χ2n) is 9.35. The van der Waals surface area contributed by atoms with Gasteiger partial charge in [0, 0.05) is 43.8 Å². The van der Waals surface area contributed by atoms with Crippen molar-refractivity contribution in [3.63, 3.8) is 0 Å². The van der Waals surface area contributed by atoms with Gasteiger partial charge < -0.3 is 10.1 Å². The fourth-order valence-electron chi connectivity index (χ4n) is 5.41. The van der Waals surface area contributed by atoms with E-state index in [0.29, 0.717) is 19.4 Å². The number of carbonyl (C=O) groups excluding carboxylic acids is 1. The van der Waals surface area contributed by atoms with Gasteiger partial charge >= 0.3 is 0 Å². The number of rotatable bonds is 7. The van der Waals surface area contributed by atoms with Crippen molar-refractivity contribution in [1.29, 1.82) is 0 Å². The Morgan fingerprint density at radius 2 is 1.70 bits per heavy atom.